The van der Waals surface area contributed by atoms with Gasteiger partial charge in [-0.25, -0.2) is 4.57 Å². The molecule has 5 aromatic carbocycles. The SMILES string of the molecule is Cc1ccccc1-c1ccc2c([n+]1C)CCC1(CCCC1)C2.Cc1ccccc1-c1ccc2c([n+]1C)CCC1(CCCCC1)C2.[2H]C1([2H])c2c(ccc(-c3ccccc3C)[n+]2C)CC12CCCC2.[2H]C1([2H])c2c(ccc(-c3ccccc3C)[n+]2C)CCC12CCCC2.[2H]C1([2H])c2c[n+](C)c(-c3ccccc3C)cc2CC12CCCC2. The first kappa shape index (κ1) is 67.7. The van der Waals surface area contributed by atoms with E-state index in [4.69, 9.17) is 8.22 Å². The van der Waals surface area contributed by atoms with E-state index < -0.39 is 19.1 Å². The van der Waals surface area contributed by atoms with Crippen molar-refractivity contribution < 1.29 is 31.1 Å². The summed E-state index contributed by atoms with van der Waals surface area (Å²) < 4.78 is 64.8. The zero-order valence-corrected chi connectivity index (χ0v) is 68.0. The van der Waals surface area contributed by atoms with Gasteiger partial charge in [-0.3, -0.25) is 0 Å². The van der Waals surface area contributed by atoms with Gasteiger partial charge in [0.1, 0.15) is 35.2 Å². The van der Waals surface area contributed by atoms with E-state index in [1.54, 1.807) is 22.5 Å². The minimum atomic E-state index is -1.25. The molecule has 5 fully saturated rings. The molecule has 5 aromatic heterocycles. The molecule has 10 aromatic rings. The first-order valence-corrected chi connectivity index (χ1v) is 42.6. The van der Waals surface area contributed by atoms with Crippen LogP contribution in [-0.2, 0) is 99.3 Å². The predicted octanol–water partition coefficient (Wildman–Crippen LogP) is 22.3. The Labute approximate surface area is 664 Å². The lowest BCUT2D eigenvalue weighted by atomic mass is 9.64. The smallest absolute Gasteiger partial charge is 0.201 e. The maximum atomic E-state index is 9.05. The van der Waals surface area contributed by atoms with Crippen LogP contribution in [0.3, 0.4) is 0 Å². The van der Waals surface area contributed by atoms with Crippen LogP contribution in [0.25, 0.3) is 56.3 Å². The second-order valence-electron chi connectivity index (χ2n) is 35.9. The molecule has 5 saturated carbocycles. The minimum absolute atomic E-state index is 0.151. The van der Waals surface area contributed by atoms with Crippen LogP contribution in [0.4, 0.5) is 0 Å². The maximum absolute atomic E-state index is 9.05. The Morgan fingerprint density at radius 3 is 0.936 bits per heavy atom. The Kier molecular flexibility index (Phi) is 19.6. The minimum Gasteiger partial charge on any atom is -0.201 e. The summed E-state index contributed by atoms with van der Waals surface area (Å²) in [5.74, 6) is 0. The summed E-state index contributed by atoms with van der Waals surface area (Å²) in [7, 11) is 10.6. The van der Waals surface area contributed by atoms with Crippen molar-refractivity contribution in [2.45, 2.75) is 253 Å². The topological polar surface area (TPSA) is 19.4 Å². The molecule has 0 saturated heterocycles. The quantitative estimate of drug-likeness (QED) is 0.153. The van der Waals surface area contributed by atoms with Crippen molar-refractivity contribution in [3.05, 3.63) is 266 Å². The van der Waals surface area contributed by atoms with Gasteiger partial charge in [-0.15, -0.1) is 0 Å². The molecule has 0 unspecified atom stereocenters. The summed E-state index contributed by atoms with van der Waals surface area (Å²) in [6.45, 7) is 10.8. The summed E-state index contributed by atoms with van der Waals surface area (Å²) in [6.07, 6.45) is 36.4. The van der Waals surface area contributed by atoms with Crippen molar-refractivity contribution in [2.24, 2.45) is 62.3 Å². The second kappa shape index (κ2) is 31.6. The third kappa shape index (κ3) is 15.3. The van der Waals surface area contributed by atoms with E-state index in [1.165, 1.54) is 224 Å². The van der Waals surface area contributed by atoms with E-state index in [2.05, 4.69) is 247 Å². The fraction of sp³-hybridized carbons (Fsp3) is 0.471. The van der Waals surface area contributed by atoms with Gasteiger partial charge in [-0.1, -0.05) is 162 Å². The van der Waals surface area contributed by atoms with Crippen LogP contribution < -0.4 is 22.8 Å². The molecular formula is C104H128N5+5. The normalized spacial score (nSPS) is 21.5. The summed E-state index contributed by atoms with van der Waals surface area (Å²) >= 11 is 0. The second-order valence-corrected chi connectivity index (χ2v) is 35.9. The van der Waals surface area contributed by atoms with Crippen molar-refractivity contribution in [2.75, 3.05) is 0 Å². The van der Waals surface area contributed by atoms with Crippen LogP contribution in [0.15, 0.2) is 182 Å². The van der Waals surface area contributed by atoms with Crippen LogP contribution >= 0.6 is 0 Å². The van der Waals surface area contributed by atoms with Gasteiger partial charge in [-0.05, 0) is 272 Å². The van der Waals surface area contributed by atoms with E-state index in [-0.39, 0.29) is 16.2 Å². The first-order chi connectivity index (χ1) is 55.2. The Balaban J connectivity index is 0.000000108. The van der Waals surface area contributed by atoms with Gasteiger partial charge in [0, 0.05) is 120 Å². The number of hydrogen-bond donors (Lipinski definition) is 0. The molecule has 0 bridgehead atoms. The van der Waals surface area contributed by atoms with Gasteiger partial charge < -0.3 is 0 Å². The van der Waals surface area contributed by atoms with Gasteiger partial charge in [0.05, 0.1) is 0 Å². The van der Waals surface area contributed by atoms with Gasteiger partial charge in [-0.2, -0.15) is 18.3 Å². The standard InChI is InChI=1S/C22H28N.2C21H26N.2C20H24N/c1-17-8-4-5-9-19(17)21-11-10-18-16-22(13-6-3-7-14-22)15-12-20(18)23(21)2;1-16-7-3-4-8-18(16)20-10-9-17-15-21(12-5-6-13-21)14-11-19(17)22(20)2;1-16-7-3-4-8-18(16)19-10-9-17-11-14-21(12-5-6-13-21)15-20(17)22(19)2;1-15-7-3-4-8-17(15)18-10-9-16-13-20(11-5-6-12-20)14-19(16)21(18)2;1-15-7-3-4-8-18(15)19-11-16-12-20(9-5-6-10-20)13-17(16)14-21(19)2/h4-5,8-11H,3,6-7,12-16H2,1-2H3;2*3-4,7-10H,5-6,11-15H2,1-2H3;3-4,7-10H,5-6,11-14H2,1-2H3;3-4,7-8,11,14H,5-6,9-10,12-13H2,1-2H3/q5*+1/i;;15D2;14D2;13D2. The zero-order valence-electron chi connectivity index (χ0n) is 74.0. The largest absolute Gasteiger partial charge is 0.212 e. The number of aryl methyl sites for hydroxylation is 7. The fourth-order valence-electron chi connectivity index (χ4n) is 22.4. The maximum Gasteiger partial charge on any atom is 0.212 e. The first-order valence-electron chi connectivity index (χ1n) is 45.6. The molecule has 0 amide bonds. The third-order valence-electron chi connectivity index (χ3n) is 28.8. The predicted molar refractivity (Wildman–Crippen MR) is 449 cm³/mol. The molecule has 10 aliphatic carbocycles. The monoisotopic (exact) mass is 1450 g/mol. The van der Waals surface area contributed by atoms with Gasteiger partial charge >= 0.3 is 0 Å². The Bertz CT molecular complexity index is 5290. The van der Waals surface area contributed by atoms with Gasteiger partial charge in [0.15, 0.2) is 29.0 Å². The van der Waals surface area contributed by atoms with Crippen LogP contribution in [0, 0.1) is 61.7 Å². The molecule has 0 atom stereocenters. The Morgan fingerprint density at radius 2 is 0.532 bits per heavy atom. The molecule has 5 nitrogen and oxygen atoms in total. The highest BCUT2D eigenvalue weighted by molar-refractivity contribution is 5.65. The number of benzene rings is 5. The number of aromatic nitrogens is 5. The lowest BCUT2D eigenvalue weighted by Crippen LogP contribution is -2.42. The van der Waals surface area contributed by atoms with E-state index in [0.717, 1.165) is 92.5 Å². The summed E-state index contributed by atoms with van der Waals surface area (Å²) in [5.41, 5.74) is 32.5. The number of hydrogen-bond acceptors (Lipinski definition) is 0. The Hall–Kier alpha value is -8.15. The third-order valence-corrected chi connectivity index (χ3v) is 28.8. The van der Waals surface area contributed by atoms with Crippen LogP contribution in [-0.4, -0.2) is 0 Å². The van der Waals surface area contributed by atoms with Crippen molar-refractivity contribution in [3.8, 4) is 56.3 Å². The molecule has 20 rings (SSSR count). The molecule has 0 radical (unpaired) electrons. The average Bonchev–Trinajstić information content (AvgIpc) is 1.44. The summed E-state index contributed by atoms with van der Waals surface area (Å²) in [6, 6.07) is 63.1. The van der Waals surface area contributed by atoms with E-state index in [9.17, 15) is 0 Å². The zero-order chi connectivity index (χ0) is 80.5. The molecule has 564 valence electrons. The van der Waals surface area contributed by atoms with E-state index >= 15 is 0 Å². The number of nitrogens with zero attached hydrogens (tertiary/aromatic N) is 5. The van der Waals surface area contributed by atoms with Gasteiger partial charge in [0.2, 0.25) is 28.5 Å². The summed E-state index contributed by atoms with van der Waals surface area (Å²) in [4.78, 5) is 0. The molecule has 5 spiro atoms. The van der Waals surface area contributed by atoms with E-state index in [1.807, 2.05) is 27.3 Å². The van der Waals surface area contributed by atoms with Crippen molar-refractivity contribution in [3.63, 3.8) is 0 Å². The molecule has 0 N–H and O–H groups in total. The lowest BCUT2D eigenvalue weighted by Gasteiger charge is -2.40. The summed E-state index contributed by atoms with van der Waals surface area (Å²) in [5, 5.41) is 0. The van der Waals surface area contributed by atoms with Crippen LogP contribution in [0.2, 0.25) is 0 Å². The van der Waals surface area contributed by atoms with Crippen molar-refractivity contribution in [1.82, 2.24) is 0 Å². The highest BCUT2D eigenvalue weighted by Crippen LogP contribution is 2.53. The molecule has 5 heteroatoms. The molecule has 0 aliphatic heterocycles. The Morgan fingerprint density at radius 1 is 0.248 bits per heavy atom. The fourth-order valence-corrected chi connectivity index (χ4v) is 22.4. The molecule has 5 heterocycles. The number of fused-ring (bicyclic) bond motifs is 5. The number of rotatable bonds is 5. The molecule has 109 heavy (non-hydrogen) atoms. The molecule has 10 aliphatic rings. The highest BCUT2D eigenvalue weighted by atomic mass is 15.0. The van der Waals surface area contributed by atoms with Crippen LogP contribution in [0.5, 0.6) is 0 Å². The highest BCUT2D eigenvalue weighted by Gasteiger charge is 2.47. The number of pyridine rings is 5. The molecular weight excluding hydrogens is 1320 g/mol. The lowest BCUT2D eigenvalue weighted by molar-refractivity contribution is -0.669. The van der Waals surface area contributed by atoms with Gasteiger partial charge in [0.25, 0.3) is 0 Å². The van der Waals surface area contributed by atoms with Crippen molar-refractivity contribution >= 4 is 0 Å². The van der Waals surface area contributed by atoms with E-state index in [0.29, 0.717) is 10.8 Å². The average molecular weight is 1450 g/mol. The van der Waals surface area contributed by atoms with Crippen molar-refractivity contribution in [1.29, 1.82) is 0 Å². The van der Waals surface area contributed by atoms with Crippen LogP contribution in [0.1, 0.15) is 246 Å².